The molecule has 0 amide bonds. The van der Waals surface area contributed by atoms with Crippen molar-refractivity contribution in [1.82, 2.24) is 0 Å². The molecule has 0 fully saturated rings. The van der Waals surface area contributed by atoms with E-state index >= 15 is 0 Å². The monoisotopic (exact) mass is 685 g/mol. The van der Waals surface area contributed by atoms with Gasteiger partial charge in [0.25, 0.3) is 20.2 Å². The Morgan fingerprint density at radius 3 is 2.06 bits per heavy atom. The van der Waals surface area contributed by atoms with Crippen molar-refractivity contribution in [3.05, 3.63) is 149 Å². The van der Waals surface area contributed by atoms with Crippen molar-refractivity contribution in [2.45, 2.75) is 36.7 Å². The number of nitrogens with zero attached hydrogens (tertiary/aromatic N) is 2. The van der Waals surface area contributed by atoms with Crippen LogP contribution in [0.3, 0.4) is 0 Å². The number of rotatable bonds is 10. The van der Waals surface area contributed by atoms with Crippen LogP contribution in [-0.4, -0.2) is 54.9 Å². The van der Waals surface area contributed by atoms with Crippen LogP contribution in [0.2, 0.25) is 0 Å². The van der Waals surface area contributed by atoms with Gasteiger partial charge in [-0.2, -0.15) is 16.8 Å². The fourth-order valence-electron chi connectivity index (χ4n) is 5.72. The topological polar surface area (TPSA) is 135 Å². The van der Waals surface area contributed by atoms with Crippen molar-refractivity contribution in [2.75, 3.05) is 18.5 Å². The number of benzene rings is 4. The zero-order valence-corrected chi connectivity index (χ0v) is 28.4. The SMILES string of the molecule is CC[N+](Cc1cccc(S(=O)(=O)O)c1)=C1C=CC(=C(c2ccc(N(C)Cc3cccc(C)c3)cc2)c2ccc(O)cc2S(=O)(=O)O)C=C1. The van der Waals surface area contributed by atoms with E-state index in [4.69, 9.17) is 0 Å². The minimum absolute atomic E-state index is 0.179. The summed E-state index contributed by atoms with van der Waals surface area (Å²) in [4.78, 5) is 1.51. The van der Waals surface area contributed by atoms with E-state index in [1.165, 1.54) is 35.4 Å². The molecule has 0 aliphatic heterocycles. The first-order chi connectivity index (χ1) is 22.7. The molecule has 1 aliphatic rings. The fraction of sp³-hybridized carbons (Fsp3) is 0.162. The van der Waals surface area contributed by atoms with Gasteiger partial charge in [-0.15, -0.1) is 0 Å². The Labute approximate surface area is 281 Å². The third-order valence-electron chi connectivity index (χ3n) is 8.08. The van der Waals surface area contributed by atoms with Gasteiger partial charge in [0.2, 0.25) is 0 Å². The number of hydrogen-bond donors (Lipinski definition) is 3. The lowest BCUT2D eigenvalue weighted by Crippen LogP contribution is -2.19. The highest BCUT2D eigenvalue weighted by Crippen LogP contribution is 2.36. The molecule has 11 heteroatoms. The molecule has 3 N–H and O–H groups in total. The second kappa shape index (κ2) is 14.1. The molecule has 0 aromatic heterocycles. The van der Waals surface area contributed by atoms with Crippen molar-refractivity contribution in [3.8, 4) is 5.75 Å². The van der Waals surface area contributed by atoms with Crippen LogP contribution in [0.5, 0.6) is 5.75 Å². The van der Waals surface area contributed by atoms with Gasteiger partial charge in [-0.1, -0.05) is 54.1 Å². The lowest BCUT2D eigenvalue weighted by Gasteiger charge is -2.21. The van der Waals surface area contributed by atoms with Crippen LogP contribution >= 0.6 is 0 Å². The summed E-state index contributed by atoms with van der Waals surface area (Å²) in [7, 11) is -7.05. The Morgan fingerprint density at radius 1 is 0.771 bits per heavy atom. The molecule has 0 saturated heterocycles. The van der Waals surface area contributed by atoms with Crippen LogP contribution in [0, 0.1) is 6.92 Å². The van der Waals surface area contributed by atoms with E-state index in [-0.39, 0.29) is 16.2 Å². The second-order valence-corrected chi connectivity index (χ2v) is 14.4. The summed E-state index contributed by atoms with van der Waals surface area (Å²) in [6.07, 6.45) is 7.45. The Morgan fingerprint density at radius 2 is 1.44 bits per heavy atom. The average molecular weight is 686 g/mol. The molecule has 48 heavy (non-hydrogen) atoms. The van der Waals surface area contributed by atoms with Crippen molar-refractivity contribution in [2.24, 2.45) is 0 Å². The molecule has 4 aromatic rings. The average Bonchev–Trinajstić information content (AvgIpc) is 3.04. The van der Waals surface area contributed by atoms with E-state index < -0.39 is 25.1 Å². The molecule has 0 unspecified atom stereocenters. The zero-order chi connectivity index (χ0) is 34.6. The van der Waals surface area contributed by atoms with Gasteiger partial charge in [-0.05, 0) is 84.7 Å². The first kappa shape index (κ1) is 34.5. The first-order valence-electron chi connectivity index (χ1n) is 15.2. The summed E-state index contributed by atoms with van der Waals surface area (Å²) >= 11 is 0. The predicted molar refractivity (Wildman–Crippen MR) is 188 cm³/mol. The van der Waals surface area contributed by atoms with E-state index in [1.807, 2.05) is 73.2 Å². The molecule has 4 aromatic carbocycles. The van der Waals surface area contributed by atoms with E-state index in [1.54, 1.807) is 12.1 Å². The van der Waals surface area contributed by atoms with Gasteiger partial charge in [0.05, 0.1) is 4.90 Å². The second-order valence-electron chi connectivity index (χ2n) is 11.6. The van der Waals surface area contributed by atoms with Gasteiger partial charge in [0, 0.05) is 48.6 Å². The van der Waals surface area contributed by atoms with Crippen LogP contribution in [0.1, 0.15) is 34.7 Å². The molecule has 0 saturated carbocycles. The molecule has 5 rings (SSSR count). The van der Waals surface area contributed by atoms with Crippen LogP contribution in [0.4, 0.5) is 5.69 Å². The van der Waals surface area contributed by atoms with E-state index in [9.17, 15) is 31.0 Å². The molecule has 0 spiro atoms. The predicted octanol–water partition coefficient (Wildman–Crippen LogP) is 6.43. The normalized spacial score (nSPS) is 13.1. The van der Waals surface area contributed by atoms with E-state index in [2.05, 4.69) is 30.0 Å². The molecule has 0 atom stereocenters. The third-order valence-corrected chi connectivity index (χ3v) is 9.83. The maximum Gasteiger partial charge on any atom is 0.295 e. The zero-order valence-electron chi connectivity index (χ0n) is 26.8. The highest BCUT2D eigenvalue weighted by molar-refractivity contribution is 7.86. The van der Waals surface area contributed by atoms with Crippen molar-refractivity contribution >= 4 is 37.2 Å². The number of allylic oxidation sites excluding steroid dienone is 5. The Bertz CT molecular complexity index is 2180. The largest absolute Gasteiger partial charge is 0.508 e. The van der Waals surface area contributed by atoms with Crippen LogP contribution in [0.15, 0.2) is 131 Å². The van der Waals surface area contributed by atoms with Gasteiger partial charge < -0.3 is 10.0 Å². The van der Waals surface area contributed by atoms with E-state index in [0.29, 0.717) is 41.9 Å². The minimum Gasteiger partial charge on any atom is -0.508 e. The molecule has 0 heterocycles. The number of aryl methyl sites for hydroxylation is 1. The third kappa shape index (κ3) is 8.18. The Hall–Kier alpha value is -4.81. The van der Waals surface area contributed by atoms with Crippen LogP contribution in [0.25, 0.3) is 5.57 Å². The minimum atomic E-state index is -4.71. The first-order valence-corrected chi connectivity index (χ1v) is 18.1. The number of hydrogen-bond acceptors (Lipinski definition) is 6. The van der Waals surface area contributed by atoms with E-state index in [0.717, 1.165) is 17.5 Å². The number of phenols is 1. The van der Waals surface area contributed by atoms with Crippen molar-refractivity contribution in [1.29, 1.82) is 0 Å². The molecule has 0 bridgehead atoms. The van der Waals surface area contributed by atoms with Gasteiger partial charge in [0.15, 0.2) is 12.3 Å². The van der Waals surface area contributed by atoms with Gasteiger partial charge >= 0.3 is 0 Å². The summed E-state index contributed by atoms with van der Waals surface area (Å²) in [5.41, 5.74) is 6.93. The van der Waals surface area contributed by atoms with Crippen LogP contribution in [-0.2, 0) is 33.3 Å². The molecular weight excluding hydrogens is 649 g/mol. The molecule has 0 radical (unpaired) electrons. The molecular formula is C37H37N2O7S2+. The number of phenolic OH excluding ortho intramolecular Hbond substituents is 1. The lowest BCUT2D eigenvalue weighted by molar-refractivity contribution is -0.539. The quantitative estimate of drug-likeness (QED) is 0.128. The van der Waals surface area contributed by atoms with Crippen molar-refractivity contribution in [3.63, 3.8) is 0 Å². The maximum absolute atomic E-state index is 12.5. The standard InChI is InChI=1S/C37H36N2O7S2/c1-4-39(25-28-9-6-10-34(22-28)47(41,42)43)32-17-13-30(14-18-32)37(35-20-19-33(40)23-36(35)48(44,45)46)29-11-15-31(16-12-29)38(3)24-27-8-5-7-26(2)21-27/h5-23H,4,24-25H2,1-3H3,(H2,41,42,43,44,45,46)/p+1. The molecule has 1 aliphatic carbocycles. The smallest absolute Gasteiger partial charge is 0.295 e. The summed E-state index contributed by atoms with van der Waals surface area (Å²) in [6.45, 7) is 5.67. The van der Waals surface area contributed by atoms with Crippen molar-refractivity contribution < 1.29 is 35.6 Å². The fourth-order valence-corrected chi connectivity index (χ4v) is 6.98. The summed E-state index contributed by atoms with van der Waals surface area (Å²) in [5.74, 6) is -0.300. The summed E-state index contributed by atoms with van der Waals surface area (Å²) in [6, 6.07) is 26.0. The van der Waals surface area contributed by atoms with Gasteiger partial charge in [0.1, 0.15) is 17.2 Å². The summed E-state index contributed by atoms with van der Waals surface area (Å²) in [5, 5.41) is 10.1. The van der Waals surface area contributed by atoms with Gasteiger partial charge in [-0.25, -0.2) is 4.58 Å². The number of aromatic hydroxyl groups is 1. The highest BCUT2D eigenvalue weighted by atomic mass is 32.2. The van der Waals surface area contributed by atoms with Crippen LogP contribution < -0.4 is 4.90 Å². The highest BCUT2D eigenvalue weighted by Gasteiger charge is 2.23. The number of anilines is 1. The lowest BCUT2D eigenvalue weighted by atomic mass is 9.90. The maximum atomic E-state index is 12.5. The molecule has 9 nitrogen and oxygen atoms in total. The van der Waals surface area contributed by atoms with Gasteiger partial charge in [-0.3, -0.25) is 9.11 Å². The Kier molecular flexibility index (Phi) is 10.2. The molecule has 248 valence electrons. The summed E-state index contributed by atoms with van der Waals surface area (Å²) < 4.78 is 70.0. The Balaban J connectivity index is 1.56.